The van der Waals surface area contributed by atoms with Gasteiger partial charge in [0.05, 0.1) is 6.61 Å². The summed E-state index contributed by atoms with van der Waals surface area (Å²) in [6.45, 7) is 2.72. The normalized spacial score (nSPS) is 11.6. The molecule has 4 aromatic carbocycles. The summed E-state index contributed by atoms with van der Waals surface area (Å²) in [5.41, 5.74) is 2.31. The molecule has 4 aromatic rings. The molecule has 4 rings (SSSR count). The van der Waals surface area contributed by atoms with Gasteiger partial charge in [-0.1, -0.05) is 69.0 Å². The van der Waals surface area contributed by atoms with Gasteiger partial charge < -0.3 is 9.47 Å². The standard InChI is InChI=1S/C32H31F5O2/c1-2-3-4-5-6-19-38-27-16-18-28(30(33)21-27)24-13-17-29-25(20-24)12-11-23(31(29)34)10-7-22-8-14-26(15-9-22)39-32(35,36)37/h8-9,11-18,20-21H,2-7,10,19H2,1H3. The Balaban J connectivity index is 1.40. The lowest BCUT2D eigenvalue weighted by atomic mass is 9.97. The Kier molecular flexibility index (Phi) is 9.44. The van der Waals surface area contributed by atoms with Crippen LogP contribution in [0.3, 0.4) is 0 Å². The van der Waals surface area contributed by atoms with Gasteiger partial charge in [0.15, 0.2) is 0 Å². The lowest BCUT2D eigenvalue weighted by molar-refractivity contribution is -0.274. The number of halogens is 5. The van der Waals surface area contributed by atoms with Gasteiger partial charge in [0.2, 0.25) is 0 Å². The van der Waals surface area contributed by atoms with Crippen molar-refractivity contribution in [2.24, 2.45) is 0 Å². The number of hydrogen-bond donors (Lipinski definition) is 0. The van der Waals surface area contributed by atoms with Gasteiger partial charge >= 0.3 is 6.36 Å². The van der Waals surface area contributed by atoms with Crippen molar-refractivity contribution in [1.82, 2.24) is 0 Å². The highest BCUT2D eigenvalue weighted by Crippen LogP contribution is 2.31. The summed E-state index contributed by atoms with van der Waals surface area (Å²) in [6.07, 6.45) is 1.68. The molecule has 0 bridgehead atoms. The predicted octanol–water partition coefficient (Wildman–Crippen LogP) is 9.82. The fourth-order valence-corrected chi connectivity index (χ4v) is 4.55. The van der Waals surface area contributed by atoms with Crippen LogP contribution >= 0.6 is 0 Å². The molecule has 0 aliphatic rings. The molecule has 0 heterocycles. The van der Waals surface area contributed by atoms with Crippen molar-refractivity contribution in [3.8, 4) is 22.6 Å². The number of aryl methyl sites for hydroxylation is 2. The first-order valence-electron chi connectivity index (χ1n) is 13.2. The van der Waals surface area contributed by atoms with Crippen LogP contribution in [0.1, 0.15) is 50.2 Å². The number of hydrogen-bond acceptors (Lipinski definition) is 2. The SMILES string of the molecule is CCCCCCCOc1ccc(-c2ccc3c(F)c(CCc4ccc(OC(F)(F)F)cc4)ccc3c2)c(F)c1. The molecular weight excluding hydrogens is 511 g/mol. The van der Waals surface area contributed by atoms with Gasteiger partial charge in [-0.05, 0) is 71.7 Å². The van der Waals surface area contributed by atoms with E-state index in [4.69, 9.17) is 4.74 Å². The third-order valence-corrected chi connectivity index (χ3v) is 6.64. The van der Waals surface area contributed by atoms with Gasteiger partial charge in [0.1, 0.15) is 23.1 Å². The Bertz CT molecular complexity index is 1380. The quantitative estimate of drug-likeness (QED) is 0.131. The van der Waals surface area contributed by atoms with E-state index in [0.717, 1.165) is 18.4 Å². The lowest BCUT2D eigenvalue weighted by Gasteiger charge is -2.11. The molecule has 0 aromatic heterocycles. The van der Waals surface area contributed by atoms with E-state index >= 15 is 4.39 Å². The molecule has 0 aliphatic carbocycles. The first-order chi connectivity index (χ1) is 18.7. The van der Waals surface area contributed by atoms with Gasteiger partial charge in [-0.15, -0.1) is 13.2 Å². The Morgan fingerprint density at radius 3 is 2.18 bits per heavy atom. The van der Waals surface area contributed by atoms with Crippen LogP contribution in [0.2, 0.25) is 0 Å². The van der Waals surface area contributed by atoms with E-state index in [1.165, 1.54) is 49.6 Å². The maximum atomic E-state index is 15.3. The monoisotopic (exact) mass is 542 g/mol. The van der Waals surface area contributed by atoms with Crippen LogP contribution in [0, 0.1) is 11.6 Å². The topological polar surface area (TPSA) is 18.5 Å². The molecule has 0 unspecified atom stereocenters. The number of unbranched alkanes of at least 4 members (excludes halogenated alkanes) is 4. The highest BCUT2D eigenvalue weighted by atomic mass is 19.4. The van der Waals surface area contributed by atoms with Gasteiger partial charge in [-0.2, -0.15) is 0 Å². The van der Waals surface area contributed by atoms with Crippen LogP contribution in [-0.2, 0) is 12.8 Å². The first kappa shape index (κ1) is 28.4. The molecule has 0 saturated heterocycles. The van der Waals surface area contributed by atoms with Crippen LogP contribution in [0.25, 0.3) is 21.9 Å². The van der Waals surface area contributed by atoms with Crippen LogP contribution < -0.4 is 9.47 Å². The second-order valence-corrected chi connectivity index (χ2v) is 9.57. The molecule has 0 radical (unpaired) electrons. The molecule has 0 saturated carbocycles. The molecule has 0 amide bonds. The van der Waals surface area contributed by atoms with Gasteiger partial charge in [-0.3, -0.25) is 0 Å². The third-order valence-electron chi connectivity index (χ3n) is 6.64. The molecule has 0 fully saturated rings. The third kappa shape index (κ3) is 7.94. The minimum Gasteiger partial charge on any atom is -0.493 e. The summed E-state index contributed by atoms with van der Waals surface area (Å²) in [5.74, 6) is -0.568. The fraction of sp³-hybridized carbons (Fsp3) is 0.312. The largest absolute Gasteiger partial charge is 0.573 e. The molecular formula is C32H31F5O2. The van der Waals surface area contributed by atoms with E-state index in [-0.39, 0.29) is 11.6 Å². The minimum atomic E-state index is -4.74. The van der Waals surface area contributed by atoms with E-state index in [9.17, 15) is 17.6 Å². The zero-order valence-electron chi connectivity index (χ0n) is 21.8. The Hall–Kier alpha value is -3.61. The maximum absolute atomic E-state index is 15.3. The van der Waals surface area contributed by atoms with Crippen molar-refractivity contribution in [3.63, 3.8) is 0 Å². The van der Waals surface area contributed by atoms with E-state index in [2.05, 4.69) is 11.7 Å². The number of rotatable bonds is 12. The van der Waals surface area contributed by atoms with Crippen LogP contribution in [-0.4, -0.2) is 13.0 Å². The van der Waals surface area contributed by atoms with Crippen LogP contribution in [0.4, 0.5) is 22.0 Å². The predicted molar refractivity (Wildman–Crippen MR) is 144 cm³/mol. The number of fused-ring (bicyclic) bond motifs is 1. The summed E-state index contributed by atoms with van der Waals surface area (Å²) < 4.78 is 76.8. The molecule has 0 spiro atoms. The average molecular weight is 543 g/mol. The van der Waals surface area contributed by atoms with Crippen molar-refractivity contribution < 1.29 is 31.4 Å². The van der Waals surface area contributed by atoms with E-state index in [0.29, 0.717) is 52.7 Å². The number of alkyl halides is 3. The molecule has 0 N–H and O–H groups in total. The van der Waals surface area contributed by atoms with E-state index in [1.807, 2.05) is 0 Å². The van der Waals surface area contributed by atoms with Crippen molar-refractivity contribution >= 4 is 10.8 Å². The molecule has 39 heavy (non-hydrogen) atoms. The van der Waals surface area contributed by atoms with Crippen molar-refractivity contribution in [2.75, 3.05) is 6.61 Å². The Morgan fingerprint density at radius 1 is 0.718 bits per heavy atom. The fourth-order valence-electron chi connectivity index (χ4n) is 4.55. The van der Waals surface area contributed by atoms with Crippen LogP contribution in [0.5, 0.6) is 11.5 Å². The zero-order chi connectivity index (χ0) is 27.8. The zero-order valence-corrected chi connectivity index (χ0v) is 21.8. The van der Waals surface area contributed by atoms with Gasteiger partial charge in [0.25, 0.3) is 0 Å². The molecule has 0 aliphatic heterocycles. The second-order valence-electron chi connectivity index (χ2n) is 9.57. The first-order valence-corrected chi connectivity index (χ1v) is 13.2. The summed E-state index contributed by atoms with van der Waals surface area (Å²) in [4.78, 5) is 0. The summed E-state index contributed by atoms with van der Waals surface area (Å²) >= 11 is 0. The van der Waals surface area contributed by atoms with Crippen molar-refractivity contribution in [3.05, 3.63) is 95.6 Å². The molecule has 0 atom stereocenters. The molecule has 206 valence electrons. The van der Waals surface area contributed by atoms with E-state index < -0.39 is 12.2 Å². The maximum Gasteiger partial charge on any atom is 0.573 e. The smallest absolute Gasteiger partial charge is 0.493 e. The van der Waals surface area contributed by atoms with Crippen LogP contribution in [0.15, 0.2) is 72.8 Å². The Labute approximate surface area is 225 Å². The summed E-state index contributed by atoms with van der Waals surface area (Å²) in [6, 6.07) is 19.0. The number of benzene rings is 4. The van der Waals surface area contributed by atoms with E-state index in [1.54, 1.807) is 42.5 Å². The highest BCUT2D eigenvalue weighted by Gasteiger charge is 2.30. The second kappa shape index (κ2) is 13.0. The van der Waals surface area contributed by atoms with Crippen molar-refractivity contribution in [2.45, 2.75) is 58.2 Å². The Morgan fingerprint density at radius 2 is 1.46 bits per heavy atom. The lowest BCUT2D eigenvalue weighted by Crippen LogP contribution is -2.17. The van der Waals surface area contributed by atoms with Gasteiger partial charge in [-0.25, -0.2) is 8.78 Å². The van der Waals surface area contributed by atoms with Gasteiger partial charge in [0, 0.05) is 17.0 Å². The minimum absolute atomic E-state index is 0.296. The van der Waals surface area contributed by atoms with Crippen molar-refractivity contribution in [1.29, 1.82) is 0 Å². The molecule has 7 heteroatoms. The summed E-state index contributed by atoms with van der Waals surface area (Å²) in [5, 5.41) is 1.07. The highest BCUT2D eigenvalue weighted by molar-refractivity contribution is 5.88. The molecule has 2 nitrogen and oxygen atoms in total. The number of ether oxygens (including phenoxy) is 2. The average Bonchev–Trinajstić information content (AvgIpc) is 2.90. The summed E-state index contributed by atoms with van der Waals surface area (Å²) in [7, 11) is 0.